The lowest BCUT2D eigenvalue weighted by Crippen LogP contribution is -2.62. The van der Waals surface area contributed by atoms with Crippen LogP contribution in [0.3, 0.4) is 0 Å². The van der Waals surface area contributed by atoms with E-state index in [1.54, 1.807) is 24.3 Å². The number of hydroxylamine groups is 4. The molecule has 2 fully saturated rings. The SMILES string of the molecule is CC1(C)CC(OC(=O)c2ccccc2)CC(C)(C)N1OCCCCCCCON1C(C)(C)CC(OC(=O)c2ccccc2)CC1(C)C. The maximum absolute atomic E-state index is 12.7. The predicted molar refractivity (Wildman–Crippen MR) is 185 cm³/mol. The summed E-state index contributed by atoms with van der Waals surface area (Å²) in [5.41, 5.74) is 0.121. The van der Waals surface area contributed by atoms with Gasteiger partial charge < -0.3 is 9.47 Å². The molecular formula is C39H58N2O6. The van der Waals surface area contributed by atoms with Gasteiger partial charge in [-0.2, -0.15) is 10.1 Å². The first-order chi connectivity index (χ1) is 22.1. The van der Waals surface area contributed by atoms with Crippen molar-refractivity contribution in [3.63, 3.8) is 0 Å². The van der Waals surface area contributed by atoms with E-state index >= 15 is 0 Å². The average Bonchev–Trinajstić information content (AvgIpc) is 2.98. The van der Waals surface area contributed by atoms with Gasteiger partial charge in [-0.1, -0.05) is 55.7 Å². The lowest BCUT2D eigenvalue weighted by atomic mass is 9.80. The van der Waals surface area contributed by atoms with Gasteiger partial charge >= 0.3 is 11.9 Å². The molecule has 0 atom stereocenters. The summed E-state index contributed by atoms with van der Waals surface area (Å²) < 4.78 is 11.9. The number of carbonyl (C=O) groups excluding carboxylic acids is 2. The molecule has 0 aromatic heterocycles. The van der Waals surface area contributed by atoms with Crippen molar-refractivity contribution in [3.8, 4) is 0 Å². The number of carbonyl (C=O) groups is 2. The molecule has 0 aliphatic carbocycles. The fraction of sp³-hybridized carbons (Fsp3) is 0.641. The van der Waals surface area contributed by atoms with Crippen LogP contribution in [-0.2, 0) is 19.1 Å². The molecule has 2 aliphatic rings. The van der Waals surface area contributed by atoms with Gasteiger partial charge in [0, 0.05) is 47.8 Å². The Labute approximate surface area is 283 Å². The number of benzene rings is 2. The largest absolute Gasteiger partial charge is 0.459 e. The molecule has 0 saturated carbocycles. The quantitative estimate of drug-likeness (QED) is 0.149. The highest BCUT2D eigenvalue weighted by molar-refractivity contribution is 5.89. The van der Waals surface area contributed by atoms with E-state index in [9.17, 15) is 9.59 Å². The standard InChI is InChI=1S/C39H58N2O6/c1-36(2)26-32(46-34(42)30-20-14-12-15-21-30)27-37(3,4)40(36)44-24-18-10-9-11-19-25-45-41-38(5,6)28-33(29-39(41,7)8)47-35(43)31-22-16-13-17-23-31/h12-17,20-23,32-33H,9-11,18-19,24-29H2,1-8H3. The van der Waals surface area contributed by atoms with Crippen LogP contribution in [0.5, 0.6) is 0 Å². The van der Waals surface area contributed by atoms with Gasteiger partial charge in [0.1, 0.15) is 12.2 Å². The Kier molecular flexibility index (Phi) is 12.3. The first kappa shape index (κ1) is 37.0. The second kappa shape index (κ2) is 15.6. The molecule has 47 heavy (non-hydrogen) atoms. The van der Waals surface area contributed by atoms with E-state index in [0.717, 1.165) is 57.8 Å². The minimum Gasteiger partial charge on any atom is -0.459 e. The molecule has 4 rings (SSSR count). The minimum absolute atomic E-state index is 0.158. The van der Waals surface area contributed by atoms with Crippen molar-refractivity contribution >= 4 is 11.9 Å². The molecule has 0 bridgehead atoms. The van der Waals surface area contributed by atoms with E-state index in [1.165, 1.54) is 0 Å². The lowest BCUT2D eigenvalue weighted by Gasteiger charge is -2.53. The fourth-order valence-corrected chi connectivity index (χ4v) is 7.84. The van der Waals surface area contributed by atoms with Crippen LogP contribution in [0.1, 0.15) is 134 Å². The van der Waals surface area contributed by atoms with Crippen LogP contribution in [0, 0.1) is 0 Å². The van der Waals surface area contributed by atoms with E-state index < -0.39 is 0 Å². The average molecular weight is 651 g/mol. The van der Waals surface area contributed by atoms with E-state index in [0.29, 0.717) is 24.3 Å². The summed E-state index contributed by atoms with van der Waals surface area (Å²) in [4.78, 5) is 38.2. The first-order valence-corrected chi connectivity index (χ1v) is 17.5. The van der Waals surface area contributed by atoms with Crippen LogP contribution in [-0.4, -0.2) is 69.6 Å². The molecule has 0 spiro atoms. The zero-order valence-electron chi connectivity index (χ0n) is 30.1. The maximum Gasteiger partial charge on any atom is 0.338 e. The molecule has 0 amide bonds. The fourth-order valence-electron chi connectivity index (χ4n) is 7.84. The summed E-state index contributed by atoms with van der Waals surface area (Å²) >= 11 is 0. The van der Waals surface area contributed by atoms with Gasteiger partial charge in [0.2, 0.25) is 0 Å². The van der Waals surface area contributed by atoms with Crippen LogP contribution in [0.15, 0.2) is 60.7 Å². The molecule has 0 radical (unpaired) electrons. The maximum atomic E-state index is 12.7. The van der Waals surface area contributed by atoms with Crippen LogP contribution in [0.2, 0.25) is 0 Å². The summed E-state index contributed by atoms with van der Waals surface area (Å²) in [5.74, 6) is -0.526. The Morgan fingerprint density at radius 1 is 0.532 bits per heavy atom. The van der Waals surface area contributed by atoms with Crippen molar-refractivity contribution in [1.29, 1.82) is 0 Å². The van der Waals surface area contributed by atoms with Crippen molar-refractivity contribution in [2.75, 3.05) is 13.2 Å². The highest BCUT2D eigenvalue weighted by Crippen LogP contribution is 2.41. The summed E-state index contributed by atoms with van der Waals surface area (Å²) in [7, 11) is 0. The second-order valence-corrected chi connectivity index (χ2v) is 15.9. The van der Waals surface area contributed by atoms with Gasteiger partial charge in [-0.15, -0.1) is 0 Å². The zero-order valence-corrected chi connectivity index (χ0v) is 30.1. The summed E-state index contributed by atoms with van der Waals surface area (Å²) in [6.45, 7) is 18.7. The molecule has 8 nitrogen and oxygen atoms in total. The third kappa shape index (κ3) is 10.1. The zero-order chi connectivity index (χ0) is 34.3. The number of hydrogen-bond donors (Lipinski definition) is 0. The van der Waals surface area contributed by atoms with Gasteiger partial charge in [-0.05, 0) is 92.5 Å². The van der Waals surface area contributed by atoms with Crippen LogP contribution < -0.4 is 0 Å². The topological polar surface area (TPSA) is 77.5 Å². The third-order valence-corrected chi connectivity index (χ3v) is 9.40. The van der Waals surface area contributed by atoms with Crippen LogP contribution in [0.25, 0.3) is 0 Å². The van der Waals surface area contributed by atoms with E-state index in [2.05, 4.69) is 65.5 Å². The molecular weight excluding hydrogens is 592 g/mol. The molecule has 0 unspecified atom stereocenters. The number of rotatable bonds is 14. The molecule has 2 aromatic carbocycles. The smallest absolute Gasteiger partial charge is 0.338 e. The monoisotopic (exact) mass is 650 g/mol. The number of piperidine rings is 2. The second-order valence-electron chi connectivity index (χ2n) is 15.9. The molecule has 8 heteroatoms. The van der Waals surface area contributed by atoms with Crippen molar-refractivity contribution in [2.45, 2.75) is 148 Å². The minimum atomic E-state index is -0.264. The highest BCUT2D eigenvalue weighted by atomic mass is 16.7. The van der Waals surface area contributed by atoms with Crippen molar-refractivity contribution in [2.24, 2.45) is 0 Å². The molecule has 2 aliphatic heterocycles. The molecule has 2 saturated heterocycles. The molecule has 2 aromatic rings. The number of esters is 2. The number of ether oxygens (including phenoxy) is 2. The summed E-state index contributed by atoms with van der Waals surface area (Å²) in [5, 5.41) is 4.27. The Balaban J connectivity index is 1.12. The van der Waals surface area contributed by atoms with E-state index in [-0.39, 0.29) is 46.3 Å². The van der Waals surface area contributed by atoms with Gasteiger partial charge in [0.25, 0.3) is 0 Å². The molecule has 260 valence electrons. The molecule has 2 heterocycles. The van der Waals surface area contributed by atoms with Crippen molar-refractivity contribution in [1.82, 2.24) is 10.1 Å². The Morgan fingerprint density at radius 3 is 1.15 bits per heavy atom. The number of nitrogens with zero attached hydrogens (tertiary/aromatic N) is 2. The highest BCUT2D eigenvalue weighted by Gasteiger charge is 2.49. The van der Waals surface area contributed by atoms with Crippen molar-refractivity contribution < 1.29 is 28.7 Å². The molecule has 0 N–H and O–H groups in total. The Morgan fingerprint density at radius 2 is 0.830 bits per heavy atom. The van der Waals surface area contributed by atoms with E-state index in [4.69, 9.17) is 19.1 Å². The Bertz CT molecular complexity index is 1160. The van der Waals surface area contributed by atoms with Crippen molar-refractivity contribution in [3.05, 3.63) is 71.8 Å². The number of unbranched alkanes of at least 4 members (excludes halogenated alkanes) is 4. The van der Waals surface area contributed by atoms with Crippen LogP contribution in [0.4, 0.5) is 0 Å². The van der Waals surface area contributed by atoms with Gasteiger partial charge in [0.05, 0.1) is 24.3 Å². The summed E-state index contributed by atoms with van der Waals surface area (Å²) in [6.07, 6.45) is 7.88. The Hall–Kier alpha value is -2.78. The van der Waals surface area contributed by atoms with Gasteiger partial charge in [-0.25, -0.2) is 9.59 Å². The third-order valence-electron chi connectivity index (χ3n) is 9.40. The predicted octanol–water partition coefficient (Wildman–Crippen LogP) is 8.56. The lowest BCUT2D eigenvalue weighted by molar-refractivity contribution is -0.292. The van der Waals surface area contributed by atoms with E-state index in [1.807, 2.05) is 36.4 Å². The summed E-state index contributed by atoms with van der Waals surface area (Å²) in [6, 6.07) is 18.4. The normalized spacial score (nSPS) is 21.3. The van der Waals surface area contributed by atoms with Gasteiger partial charge in [0.15, 0.2) is 0 Å². The van der Waals surface area contributed by atoms with Crippen LogP contribution >= 0.6 is 0 Å². The number of hydrogen-bond acceptors (Lipinski definition) is 8. The van der Waals surface area contributed by atoms with Gasteiger partial charge in [-0.3, -0.25) is 9.68 Å². The first-order valence-electron chi connectivity index (χ1n) is 17.5.